The minimum absolute atomic E-state index is 0.178. The summed E-state index contributed by atoms with van der Waals surface area (Å²) < 4.78 is 5.49. The maximum absolute atomic E-state index is 10.8. The summed E-state index contributed by atoms with van der Waals surface area (Å²) in [5.74, 6) is -0.745. The number of hydrogen-bond donors (Lipinski definition) is 1. The van der Waals surface area contributed by atoms with Crippen LogP contribution in [-0.4, -0.2) is 46.8 Å². The Morgan fingerprint density at radius 2 is 2.13 bits per heavy atom. The van der Waals surface area contributed by atoms with Gasteiger partial charge in [0.15, 0.2) is 0 Å². The van der Waals surface area contributed by atoms with Gasteiger partial charge in [0.1, 0.15) is 0 Å². The molecule has 0 radical (unpaired) electrons. The number of rotatable bonds is 5. The van der Waals surface area contributed by atoms with Gasteiger partial charge >= 0.3 is 5.97 Å². The molecule has 0 aromatic carbocycles. The largest absolute Gasteiger partial charge is 0.481 e. The second-order valence-corrected chi connectivity index (χ2v) is 6.67. The molecule has 3 rings (SSSR count). The van der Waals surface area contributed by atoms with Crippen LogP contribution < -0.4 is 0 Å². The second-order valence-electron chi connectivity index (χ2n) is 6.67. The lowest BCUT2D eigenvalue weighted by molar-refractivity contribution is -0.136. The first-order chi connectivity index (χ1) is 11.1. The van der Waals surface area contributed by atoms with E-state index in [9.17, 15) is 4.79 Å². The molecular formula is C18H26N2O3. The van der Waals surface area contributed by atoms with E-state index < -0.39 is 5.97 Å². The Kier molecular flexibility index (Phi) is 5.28. The van der Waals surface area contributed by atoms with E-state index in [-0.39, 0.29) is 6.42 Å². The molecule has 0 saturated carbocycles. The molecule has 1 aromatic rings. The van der Waals surface area contributed by atoms with Crippen molar-refractivity contribution in [1.82, 2.24) is 9.88 Å². The fourth-order valence-corrected chi connectivity index (χ4v) is 3.89. The van der Waals surface area contributed by atoms with Gasteiger partial charge in [0, 0.05) is 31.4 Å². The van der Waals surface area contributed by atoms with Crippen molar-refractivity contribution in [3.63, 3.8) is 0 Å². The van der Waals surface area contributed by atoms with Gasteiger partial charge in [-0.05, 0) is 63.3 Å². The number of nitrogens with zero attached hydrogens (tertiary/aromatic N) is 2. The molecule has 2 saturated heterocycles. The van der Waals surface area contributed by atoms with Crippen LogP contribution in [0.15, 0.2) is 12.1 Å². The zero-order valence-corrected chi connectivity index (χ0v) is 13.8. The molecule has 23 heavy (non-hydrogen) atoms. The van der Waals surface area contributed by atoms with Gasteiger partial charge in [0.25, 0.3) is 0 Å². The molecule has 3 heterocycles. The first-order valence-corrected chi connectivity index (χ1v) is 8.66. The minimum atomic E-state index is -0.745. The Labute approximate surface area is 137 Å². The second kappa shape index (κ2) is 7.41. The lowest BCUT2D eigenvalue weighted by Gasteiger charge is -2.35. The van der Waals surface area contributed by atoms with Crippen LogP contribution >= 0.6 is 0 Å². The van der Waals surface area contributed by atoms with Crippen LogP contribution in [0.25, 0.3) is 0 Å². The number of carbonyl (C=O) groups is 1. The molecule has 1 N–H and O–H groups in total. The highest BCUT2D eigenvalue weighted by atomic mass is 16.5. The summed E-state index contributed by atoms with van der Waals surface area (Å²) in [5, 5.41) is 8.90. The maximum Gasteiger partial charge on any atom is 0.303 e. The Hall–Kier alpha value is -1.46. The molecular weight excluding hydrogens is 292 g/mol. The van der Waals surface area contributed by atoms with Crippen molar-refractivity contribution in [1.29, 1.82) is 0 Å². The standard InChI is InChI=1S/C18H26N2O3/c1-13-11-14(4-5-18(21)22)12-16(19-13)17-3-2-8-20(17)15-6-9-23-10-7-15/h11-12,15,17H,2-10H2,1H3,(H,21,22)/t17-/m1/s1. The van der Waals surface area contributed by atoms with Crippen LogP contribution in [0.3, 0.4) is 0 Å². The summed E-state index contributed by atoms with van der Waals surface area (Å²) in [6.07, 6.45) is 5.32. The Balaban J connectivity index is 1.77. The molecule has 1 aromatic heterocycles. The normalized spacial score (nSPS) is 23.3. The molecule has 0 unspecified atom stereocenters. The number of aryl methyl sites for hydroxylation is 2. The number of ether oxygens (including phenoxy) is 1. The quantitative estimate of drug-likeness (QED) is 0.904. The summed E-state index contributed by atoms with van der Waals surface area (Å²) in [6, 6.07) is 5.11. The summed E-state index contributed by atoms with van der Waals surface area (Å²) >= 11 is 0. The van der Waals surface area contributed by atoms with Crippen molar-refractivity contribution in [3.8, 4) is 0 Å². The van der Waals surface area contributed by atoms with Crippen molar-refractivity contribution in [2.24, 2.45) is 0 Å². The van der Waals surface area contributed by atoms with Gasteiger partial charge in [-0.3, -0.25) is 14.7 Å². The molecule has 1 atom stereocenters. The van der Waals surface area contributed by atoms with E-state index in [0.29, 0.717) is 18.5 Å². The van der Waals surface area contributed by atoms with Crippen LogP contribution in [0.5, 0.6) is 0 Å². The molecule has 2 aliphatic rings. The highest BCUT2D eigenvalue weighted by Gasteiger charge is 2.33. The number of pyridine rings is 1. The predicted octanol–water partition coefficient (Wildman–Crippen LogP) is 2.72. The van der Waals surface area contributed by atoms with E-state index in [1.807, 2.05) is 13.0 Å². The number of aromatic nitrogens is 1. The average Bonchev–Trinajstić information content (AvgIpc) is 3.03. The van der Waals surface area contributed by atoms with Crippen molar-refractivity contribution in [3.05, 3.63) is 29.1 Å². The molecule has 126 valence electrons. The van der Waals surface area contributed by atoms with E-state index in [4.69, 9.17) is 14.8 Å². The zero-order valence-electron chi connectivity index (χ0n) is 13.8. The highest BCUT2D eigenvalue weighted by molar-refractivity contribution is 5.67. The van der Waals surface area contributed by atoms with Gasteiger partial charge in [-0.25, -0.2) is 0 Å². The van der Waals surface area contributed by atoms with E-state index in [1.54, 1.807) is 0 Å². The third-order valence-electron chi connectivity index (χ3n) is 4.96. The van der Waals surface area contributed by atoms with Gasteiger partial charge in [0.2, 0.25) is 0 Å². The molecule has 5 nitrogen and oxygen atoms in total. The Morgan fingerprint density at radius 3 is 2.87 bits per heavy atom. The lowest BCUT2D eigenvalue weighted by atomic mass is 10.0. The molecule has 5 heteroatoms. The lowest BCUT2D eigenvalue weighted by Crippen LogP contribution is -2.39. The molecule has 0 bridgehead atoms. The number of aliphatic carboxylic acids is 1. The number of likely N-dealkylation sites (tertiary alicyclic amines) is 1. The third kappa shape index (κ3) is 4.09. The van der Waals surface area contributed by atoms with E-state index >= 15 is 0 Å². The van der Waals surface area contributed by atoms with Crippen LogP contribution in [-0.2, 0) is 16.0 Å². The van der Waals surface area contributed by atoms with Crippen molar-refractivity contribution in [2.75, 3.05) is 19.8 Å². The minimum Gasteiger partial charge on any atom is -0.481 e. The summed E-state index contributed by atoms with van der Waals surface area (Å²) in [4.78, 5) is 18.2. The first kappa shape index (κ1) is 16.4. The molecule has 0 aliphatic carbocycles. The van der Waals surface area contributed by atoms with Crippen molar-refractivity contribution in [2.45, 2.75) is 57.5 Å². The Morgan fingerprint density at radius 1 is 1.35 bits per heavy atom. The summed E-state index contributed by atoms with van der Waals surface area (Å²) in [6.45, 7) is 4.86. The number of carboxylic acid groups (broad SMARTS) is 1. The van der Waals surface area contributed by atoms with Gasteiger partial charge in [-0.15, -0.1) is 0 Å². The van der Waals surface area contributed by atoms with Crippen LogP contribution in [0, 0.1) is 6.92 Å². The van der Waals surface area contributed by atoms with E-state index in [1.165, 1.54) is 6.42 Å². The smallest absolute Gasteiger partial charge is 0.303 e. The molecule has 2 aliphatic heterocycles. The summed E-state index contributed by atoms with van der Waals surface area (Å²) in [7, 11) is 0. The zero-order chi connectivity index (χ0) is 16.2. The highest BCUT2D eigenvalue weighted by Crippen LogP contribution is 2.35. The monoisotopic (exact) mass is 318 g/mol. The number of carboxylic acids is 1. The first-order valence-electron chi connectivity index (χ1n) is 8.66. The SMILES string of the molecule is Cc1cc(CCC(=O)O)cc([C@H]2CCCN2C2CCOCC2)n1. The number of hydrogen-bond acceptors (Lipinski definition) is 4. The van der Waals surface area contributed by atoms with Crippen LogP contribution in [0.2, 0.25) is 0 Å². The van der Waals surface area contributed by atoms with Crippen LogP contribution in [0.4, 0.5) is 0 Å². The van der Waals surface area contributed by atoms with E-state index in [2.05, 4.69) is 11.0 Å². The third-order valence-corrected chi connectivity index (χ3v) is 4.96. The van der Waals surface area contributed by atoms with Gasteiger partial charge < -0.3 is 9.84 Å². The van der Waals surface area contributed by atoms with Crippen molar-refractivity contribution >= 4 is 5.97 Å². The molecule has 2 fully saturated rings. The molecule has 0 amide bonds. The Bertz CT molecular complexity index is 555. The topological polar surface area (TPSA) is 62.7 Å². The van der Waals surface area contributed by atoms with Gasteiger partial charge in [0.05, 0.1) is 11.7 Å². The average molecular weight is 318 g/mol. The fraction of sp³-hybridized carbons (Fsp3) is 0.667. The maximum atomic E-state index is 10.8. The van der Waals surface area contributed by atoms with Crippen molar-refractivity contribution < 1.29 is 14.6 Å². The van der Waals surface area contributed by atoms with E-state index in [0.717, 1.165) is 56.0 Å². The van der Waals surface area contributed by atoms with Gasteiger partial charge in [-0.1, -0.05) is 0 Å². The van der Waals surface area contributed by atoms with Gasteiger partial charge in [-0.2, -0.15) is 0 Å². The molecule has 0 spiro atoms. The predicted molar refractivity (Wildman–Crippen MR) is 87.5 cm³/mol. The van der Waals surface area contributed by atoms with Crippen LogP contribution in [0.1, 0.15) is 55.1 Å². The summed E-state index contributed by atoms with van der Waals surface area (Å²) in [5.41, 5.74) is 3.20. The fourth-order valence-electron chi connectivity index (χ4n) is 3.89.